The van der Waals surface area contributed by atoms with Crippen LogP contribution in [0.3, 0.4) is 0 Å². The van der Waals surface area contributed by atoms with Crippen molar-refractivity contribution in [1.82, 2.24) is 0 Å². The van der Waals surface area contributed by atoms with E-state index in [4.69, 9.17) is 0 Å². The highest BCUT2D eigenvalue weighted by molar-refractivity contribution is 9.09. The predicted octanol–water partition coefficient (Wildman–Crippen LogP) is 2.91. The lowest BCUT2D eigenvalue weighted by molar-refractivity contribution is 0.219. The van der Waals surface area contributed by atoms with Crippen LogP contribution in [0, 0.1) is 5.92 Å². The third-order valence-electron chi connectivity index (χ3n) is 1.96. The van der Waals surface area contributed by atoms with Crippen molar-refractivity contribution in [3.8, 4) is 0 Å². The summed E-state index contributed by atoms with van der Waals surface area (Å²) >= 11 is 3.31. The van der Waals surface area contributed by atoms with Crippen LogP contribution >= 0.6 is 15.9 Å². The van der Waals surface area contributed by atoms with E-state index in [9.17, 15) is 4.39 Å². The van der Waals surface area contributed by atoms with Gasteiger partial charge in [0.05, 0.1) is 0 Å². The molecule has 0 aromatic heterocycles. The summed E-state index contributed by atoms with van der Waals surface area (Å²) in [6.45, 7) is 2.12. The third kappa shape index (κ3) is 1.92. The first-order valence-corrected chi connectivity index (χ1v) is 4.40. The van der Waals surface area contributed by atoms with Crippen molar-refractivity contribution in [3.05, 3.63) is 0 Å². The number of halogens is 2. The summed E-state index contributed by atoms with van der Waals surface area (Å²) in [4.78, 5) is 0.133. The molecule has 0 spiro atoms. The molecule has 1 rings (SSSR count). The largest absolute Gasteiger partial charge is 0.246 e. The van der Waals surface area contributed by atoms with E-state index in [2.05, 4.69) is 22.9 Å². The molecule has 0 saturated heterocycles. The minimum atomic E-state index is -0.603. The Morgan fingerprint density at radius 1 is 1.44 bits per heavy atom. The fourth-order valence-electron chi connectivity index (χ4n) is 1.27. The van der Waals surface area contributed by atoms with Crippen LogP contribution in [0.1, 0.15) is 26.2 Å². The Kier molecular flexibility index (Phi) is 2.50. The van der Waals surface area contributed by atoms with Gasteiger partial charge < -0.3 is 0 Å². The molecule has 0 nitrogen and oxygen atoms in total. The Hall–Kier alpha value is 0.410. The van der Waals surface area contributed by atoms with E-state index in [1.54, 1.807) is 0 Å². The summed E-state index contributed by atoms with van der Waals surface area (Å²) in [6.07, 6.45) is 2.32. The molecule has 0 radical (unpaired) electrons. The van der Waals surface area contributed by atoms with E-state index in [1.807, 2.05) is 0 Å². The molecule has 54 valence electrons. The predicted molar refractivity (Wildman–Crippen MR) is 40.6 cm³/mol. The van der Waals surface area contributed by atoms with Gasteiger partial charge in [0.1, 0.15) is 6.17 Å². The average Bonchev–Trinajstić information content (AvgIpc) is 1.80. The minimum absolute atomic E-state index is 0.133. The van der Waals surface area contributed by atoms with Crippen molar-refractivity contribution in [2.75, 3.05) is 0 Å². The highest BCUT2D eigenvalue weighted by atomic mass is 79.9. The Balaban J connectivity index is 2.35. The SMILES string of the molecule is CC1CCC(Br)C(F)C1. The summed E-state index contributed by atoms with van der Waals surface area (Å²) in [5, 5.41) is 0. The van der Waals surface area contributed by atoms with E-state index in [1.165, 1.54) is 6.42 Å². The fraction of sp³-hybridized carbons (Fsp3) is 1.00. The van der Waals surface area contributed by atoms with Gasteiger partial charge in [-0.2, -0.15) is 0 Å². The zero-order chi connectivity index (χ0) is 6.85. The quantitative estimate of drug-likeness (QED) is 0.521. The number of alkyl halides is 2. The van der Waals surface area contributed by atoms with Gasteiger partial charge in [-0.15, -0.1) is 0 Å². The number of rotatable bonds is 0. The molecule has 1 aliphatic carbocycles. The second-order valence-corrected chi connectivity index (χ2v) is 4.13. The minimum Gasteiger partial charge on any atom is -0.246 e. The van der Waals surface area contributed by atoms with Gasteiger partial charge in [-0.25, -0.2) is 4.39 Å². The maximum atomic E-state index is 12.8. The Morgan fingerprint density at radius 2 is 2.11 bits per heavy atom. The van der Waals surface area contributed by atoms with Crippen molar-refractivity contribution in [2.45, 2.75) is 37.2 Å². The highest BCUT2D eigenvalue weighted by Crippen LogP contribution is 2.30. The van der Waals surface area contributed by atoms with Crippen molar-refractivity contribution in [2.24, 2.45) is 5.92 Å². The first kappa shape index (κ1) is 7.52. The number of hydrogen-bond acceptors (Lipinski definition) is 0. The van der Waals surface area contributed by atoms with Crippen LogP contribution in [0.25, 0.3) is 0 Å². The standard InChI is InChI=1S/C7H12BrF/c1-5-2-3-6(8)7(9)4-5/h5-7H,2-4H2,1H3. The van der Waals surface area contributed by atoms with E-state index in [-0.39, 0.29) is 4.83 Å². The molecule has 0 heterocycles. The van der Waals surface area contributed by atoms with E-state index >= 15 is 0 Å². The Morgan fingerprint density at radius 3 is 2.56 bits per heavy atom. The second-order valence-electron chi connectivity index (χ2n) is 2.95. The zero-order valence-electron chi connectivity index (χ0n) is 5.61. The molecular formula is C7H12BrF. The van der Waals surface area contributed by atoms with Gasteiger partial charge >= 0.3 is 0 Å². The van der Waals surface area contributed by atoms with Crippen molar-refractivity contribution in [1.29, 1.82) is 0 Å². The summed E-state index contributed by atoms with van der Waals surface area (Å²) in [7, 11) is 0. The van der Waals surface area contributed by atoms with Gasteiger partial charge in [0.15, 0.2) is 0 Å². The third-order valence-corrected chi connectivity index (χ3v) is 2.99. The van der Waals surface area contributed by atoms with Crippen molar-refractivity contribution < 1.29 is 4.39 Å². The first-order valence-electron chi connectivity index (χ1n) is 3.48. The molecule has 0 aromatic rings. The first-order chi connectivity index (χ1) is 4.20. The molecule has 1 aliphatic rings. The summed E-state index contributed by atoms with van der Waals surface area (Å²) < 4.78 is 12.8. The molecule has 9 heavy (non-hydrogen) atoms. The highest BCUT2D eigenvalue weighted by Gasteiger charge is 2.25. The van der Waals surface area contributed by atoms with Crippen LogP contribution in [0.15, 0.2) is 0 Å². The monoisotopic (exact) mass is 194 g/mol. The molecule has 0 aliphatic heterocycles. The summed E-state index contributed by atoms with van der Waals surface area (Å²) in [5.74, 6) is 0.591. The number of hydrogen-bond donors (Lipinski definition) is 0. The molecule has 3 unspecified atom stereocenters. The van der Waals surface area contributed by atoms with Crippen molar-refractivity contribution >= 4 is 15.9 Å². The summed E-state index contributed by atoms with van der Waals surface area (Å²) in [5.41, 5.74) is 0. The van der Waals surface area contributed by atoms with Crippen LogP contribution in [-0.2, 0) is 0 Å². The summed E-state index contributed by atoms with van der Waals surface area (Å²) in [6, 6.07) is 0. The van der Waals surface area contributed by atoms with Crippen LogP contribution in [0.2, 0.25) is 0 Å². The topological polar surface area (TPSA) is 0 Å². The second kappa shape index (κ2) is 3.00. The Labute approximate surface area is 64.0 Å². The normalized spacial score (nSPS) is 45.0. The average molecular weight is 195 g/mol. The van der Waals surface area contributed by atoms with Gasteiger partial charge in [-0.05, 0) is 25.2 Å². The lowest BCUT2D eigenvalue weighted by Crippen LogP contribution is -2.24. The molecular weight excluding hydrogens is 183 g/mol. The zero-order valence-corrected chi connectivity index (χ0v) is 7.20. The molecule has 1 fully saturated rings. The molecule has 0 aromatic carbocycles. The molecule has 1 saturated carbocycles. The molecule has 0 N–H and O–H groups in total. The van der Waals surface area contributed by atoms with Gasteiger partial charge in [0.2, 0.25) is 0 Å². The van der Waals surface area contributed by atoms with E-state index < -0.39 is 6.17 Å². The van der Waals surface area contributed by atoms with Crippen LogP contribution in [0.5, 0.6) is 0 Å². The van der Waals surface area contributed by atoms with Gasteiger partial charge in [0, 0.05) is 4.83 Å². The van der Waals surface area contributed by atoms with Gasteiger partial charge in [0.25, 0.3) is 0 Å². The maximum Gasteiger partial charge on any atom is 0.113 e. The van der Waals surface area contributed by atoms with Gasteiger partial charge in [-0.1, -0.05) is 22.9 Å². The van der Waals surface area contributed by atoms with E-state index in [0.29, 0.717) is 5.92 Å². The van der Waals surface area contributed by atoms with Crippen LogP contribution in [-0.4, -0.2) is 11.0 Å². The van der Waals surface area contributed by atoms with Crippen LogP contribution < -0.4 is 0 Å². The lowest BCUT2D eigenvalue weighted by atomic mass is 9.89. The maximum absolute atomic E-state index is 12.8. The lowest BCUT2D eigenvalue weighted by Gasteiger charge is -2.25. The fourth-order valence-corrected chi connectivity index (χ4v) is 1.75. The van der Waals surface area contributed by atoms with Crippen LogP contribution in [0.4, 0.5) is 4.39 Å². The smallest absolute Gasteiger partial charge is 0.113 e. The molecule has 3 atom stereocenters. The molecule has 0 bridgehead atoms. The van der Waals surface area contributed by atoms with Crippen molar-refractivity contribution in [3.63, 3.8) is 0 Å². The van der Waals surface area contributed by atoms with Gasteiger partial charge in [-0.3, -0.25) is 0 Å². The molecule has 0 amide bonds. The molecule has 2 heteroatoms. The van der Waals surface area contributed by atoms with E-state index in [0.717, 1.165) is 12.8 Å². The Bertz CT molecular complexity index is 94.9.